The summed E-state index contributed by atoms with van der Waals surface area (Å²) in [6.07, 6.45) is 6.13. The van der Waals surface area contributed by atoms with Crippen LogP contribution in [-0.4, -0.2) is 20.9 Å². The molecule has 0 unspecified atom stereocenters. The Bertz CT molecular complexity index is 853. The normalized spacial score (nSPS) is 16.0. The quantitative estimate of drug-likeness (QED) is 0.573. The van der Waals surface area contributed by atoms with Crippen molar-refractivity contribution in [2.45, 2.75) is 52.1 Å². The lowest BCUT2D eigenvalue weighted by Crippen LogP contribution is -2.15. The van der Waals surface area contributed by atoms with E-state index in [0.29, 0.717) is 0 Å². The van der Waals surface area contributed by atoms with Gasteiger partial charge in [-0.3, -0.25) is 0 Å². The first-order valence-corrected chi connectivity index (χ1v) is 9.90. The number of hydrogen-bond donors (Lipinski definition) is 0. The lowest BCUT2D eigenvalue weighted by molar-refractivity contribution is 0.203. The van der Waals surface area contributed by atoms with Crippen LogP contribution in [0.1, 0.15) is 43.9 Å². The van der Waals surface area contributed by atoms with Crippen LogP contribution in [0.3, 0.4) is 0 Å². The minimum absolute atomic E-state index is 0.290. The van der Waals surface area contributed by atoms with Crippen molar-refractivity contribution in [3.8, 4) is 22.3 Å². The summed E-state index contributed by atoms with van der Waals surface area (Å²) in [4.78, 5) is 4.78. The number of benzene rings is 1. The molecule has 130 valence electrons. The average Bonchev–Trinajstić information content (AvgIpc) is 3.33. The Hall–Kier alpha value is -2.14. The number of hydrogen-bond acceptors (Lipinski definition) is 4. The van der Waals surface area contributed by atoms with E-state index in [1.165, 1.54) is 24.8 Å². The van der Waals surface area contributed by atoms with E-state index in [4.69, 9.17) is 9.72 Å². The fraction of sp³-hybridized carbons (Fsp3) is 0.400. The molecule has 0 saturated carbocycles. The Labute approximate surface area is 152 Å². The number of fused-ring (bicyclic) bond motifs is 1. The molecule has 0 spiro atoms. The van der Waals surface area contributed by atoms with Gasteiger partial charge in [0.05, 0.1) is 11.4 Å². The van der Waals surface area contributed by atoms with Gasteiger partial charge >= 0.3 is 0 Å². The van der Waals surface area contributed by atoms with Crippen LogP contribution in [0.25, 0.3) is 16.4 Å². The highest BCUT2D eigenvalue weighted by Crippen LogP contribution is 2.36. The first-order valence-electron chi connectivity index (χ1n) is 9.02. The van der Waals surface area contributed by atoms with Crippen molar-refractivity contribution in [1.29, 1.82) is 0 Å². The molecule has 1 aliphatic rings. The molecule has 1 aliphatic heterocycles. The molecule has 0 radical (unpaired) electrons. The van der Waals surface area contributed by atoms with Crippen molar-refractivity contribution >= 4 is 11.3 Å². The van der Waals surface area contributed by atoms with Crippen LogP contribution in [0, 0.1) is 6.92 Å². The van der Waals surface area contributed by atoms with Gasteiger partial charge in [0.15, 0.2) is 0 Å². The van der Waals surface area contributed by atoms with Gasteiger partial charge in [0.1, 0.15) is 6.10 Å². The van der Waals surface area contributed by atoms with Crippen molar-refractivity contribution in [3.05, 3.63) is 47.0 Å². The molecule has 1 atom stereocenters. The van der Waals surface area contributed by atoms with Gasteiger partial charge in [0.25, 0.3) is 0 Å². The molecule has 0 amide bonds. The van der Waals surface area contributed by atoms with Gasteiger partial charge in [0.2, 0.25) is 11.0 Å². The summed E-state index contributed by atoms with van der Waals surface area (Å²) in [6, 6.07) is 10.3. The Morgan fingerprint density at radius 3 is 2.88 bits per heavy atom. The molecule has 5 heteroatoms. The van der Waals surface area contributed by atoms with E-state index in [2.05, 4.69) is 36.5 Å². The SMILES string of the molecule is CCCCC[C@@H]1Cc2c(C)nn(-c3nc(-c4ccccc4)cs3)c2O1. The van der Waals surface area contributed by atoms with Gasteiger partial charge in [-0.15, -0.1) is 11.3 Å². The van der Waals surface area contributed by atoms with Crippen molar-refractivity contribution in [2.75, 3.05) is 0 Å². The van der Waals surface area contributed by atoms with E-state index in [-0.39, 0.29) is 6.10 Å². The molecule has 0 fully saturated rings. The van der Waals surface area contributed by atoms with E-state index < -0.39 is 0 Å². The number of nitrogens with zero attached hydrogens (tertiary/aromatic N) is 3. The van der Waals surface area contributed by atoms with E-state index in [1.807, 2.05) is 22.9 Å². The Balaban J connectivity index is 1.58. The molecule has 0 aliphatic carbocycles. The van der Waals surface area contributed by atoms with Crippen LogP contribution in [0.4, 0.5) is 0 Å². The van der Waals surface area contributed by atoms with Crippen LogP contribution in [0.5, 0.6) is 5.88 Å². The average molecular weight is 353 g/mol. The summed E-state index contributed by atoms with van der Waals surface area (Å²) in [6.45, 7) is 4.30. The summed E-state index contributed by atoms with van der Waals surface area (Å²) in [5.74, 6) is 0.896. The highest BCUT2D eigenvalue weighted by Gasteiger charge is 2.30. The standard InChI is InChI=1S/C20H23N3OS/c1-3-4-6-11-16-12-17-14(2)22-23(19(17)24-16)20-21-18(13-25-20)15-9-7-5-8-10-15/h5,7-10,13,16H,3-4,6,11-12H2,1-2H3/t16-/m1/s1. The van der Waals surface area contributed by atoms with E-state index >= 15 is 0 Å². The van der Waals surface area contributed by atoms with Crippen LogP contribution < -0.4 is 4.74 Å². The predicted molar refractivity (Wildman–Crippen MR) is 102 cm³/mol. The lowest BCUT2D eigenvalue weighted by atomic mass is 10.1. The smallest absolute Gasteiger partial charge is 0.222 e. The fourth-order valence-corrected chi connectivity index (χ4v) is 4.12. The van der Waals surface area contributed by atoms with Gasteiger partial charge in [-0.1, -0.05) is 50.1 Å². The van der Waals surface area contributed by atoms with Gasteiger partial charge in [-0.2, -0.15) is 9.78 Å². The largest absolute Gasteiger partial charge is 0.474 e. The summed E-state index contributed by atoms with van der Waals surface area (Å²) in [5, 5.41) is 7.64. The molecule has 0 bridgehead atoms. The summed E-state index contributed by atoms with van der Waals surface area (Å²) < 4.78 is 8.13. The van der Waals surface area contributed by atoms with Crippen LogP contribution in [0.2, 0.25) is 0 Å². The number of rotatable bonds is 6. The molecular weight excluding hydrogens is 330 g/mol. The maximum absolute atomic E-state index is 6.24. The highest BCUT2D eigenvalue weighted by atomic mass is 32.1. The predicted octanol–water partition coefficient (Wildman–Crippen LogP) is 5.19. The number of aryl methyl sites for hydroxylation is 1. The van der Waals surface area contributed by atoms with E-state index in [1.54, 1.807) is 11.3 Å². The zero-order valence-electron chi connectivity index (χ0n) is 14.7. The number of unbranched alkanes of at least 4 members (excludes halogenated alkanes) is 2. The van der Waals surface area contributed by atoms with Gasteiger partial charge < -0.3 is 4.74 Å². The molecule has 3 heterocycles. The molecular formula is C20H23N3OS. The van der Waals surface area contributed by atoms with Crippen molar-refractivity contribution in [3.63, 3.8) is 0 Å². The molecule has 0 saturated heterocycles. The number of aromatic nitrogens is 3. The minimum atomic E-state index is 0.290. The molecule has 3 aromatic rings. The molecule has 1 aromatic carbocycles. The Morgan fingerprint density at radius 1 is 1.24 bits per heavy atom. The van der Waals surface area contributed by atoms with Crippen LogP contribution >= 0.6 is 11.3 Å². The highest BCUT2D eigenvalue weighted by molar-refractivity contribution is 7.12. The topological polar surface area (TPSA) is 39.9 Å². The number of ether oxygens (including phenoxy) is 1. The fourth-order valence-electron chi connectivity index (χ4n) is 3.34. The van der Waals surface area contributed by atoms with E-state index in [0.717, 1.165) is 40.8 Å². The zero-order chi connectivity index (χ0) is 17.2. The maximum Gasteiger partial charge on any atom is 0.222 e. The van der Waals surface area contributed by atoms with Gasteiger partial charge in [-0.05, 0) is 19.8 Å². The molecule has 4 rings (SSSR count). The molecule has 2 aromatic heterocycles. The number of thiazole rings is 1. The first-order chi connectivity index (χ1) is 12.3. The van der Waals surface area contributed by atoms with E-state index in [9.17, 15) is 0 Å². The molecule has 0 N–H and O–H groups in total. The van der Waals surface area contributed by atoms with Crippen LogP contribution in [0.15, 0.2) is 35.7 Å². The third-order valence-electron chi connectivity index (χ3n) is 4.72. The lowest BCUT2D eigenvalue weighted by Gasteiger charge is -2.11. The Kier molecular flexibility index (Phi) is 4.57. The summed E-state index contributed by atoms with van der Waals surface area (Å²) in [5.41, 5.74) is 4.42. The third kappa shape index (κ3) is 3.21. The minimum Gasteiger partial charge on any atom is -0.474 e. The van der Waals surface area contributed by atoms with Crippen molar-refractivity contribution in [1.82, 2.24) is 14.8 Å². The van der Waals surface area contributed by atoms with Crippen LogP contribution in [-0.2, 0) is 6.42 Å². The second kappa shape index (κ2) is 7.00. The monoisotopic (exact) mass is 353 g/mol. The zero-order valence-corrected chi connectivity index (χ0v) is 15.6. The summed E-state index contributed by atoms with van der Waals surface area (Å²) >= 11 is 1.61. The molecule has 25 heavy (non-hydrogen) atoms. The summed E-state index contributed by atoms with van der Waals surface area (Å²) in [7, 11) is 0. The maximum atomic E-state index is 6.24. The third-order valence-corrected chi connectivity index (χ3v) is 5.54. The van der Waals surface area contributed by atoms with Crippen molar-refractivity contribution in [2.24, 2.45) is 0 Å². The molecule has 4 nitrogen and oxygen atoms in total. The second-order valence-electron chi connectivity index (χ2n) is 6.60. The van der Waals surface area contributed by atoms with Gasteiger partial charge in [-0.25, -0.2) is 4.98 Å². The first kappa shape index (κ1) is 16.3. The van der Waals surface area contributed by atoms with Crippen molar-refractivity contribution < 1.29 is 4.74 Å². The Morgan fingerprint density at radius 2 is 2.08 bits per heavy atom. The van der Waals surface area contributed by atoms with Gasteiger partial charge in [0, 0.05) is 22.9 Å². The second-order valence-corrected chi connectivity index (χ2v) is 7.44.